The number of hydrogen-bond donors (Lipinski definition) is 3. The number of carbonyl (C=O) groups excluding carboxylic acids is 2. The second kappa shape index (κ2) is 10.6. The zero-order valence-electron chi connectivity index (χ0n) is 18.6. The summed E-state index contributed by atoms with van der Waals surface area (Å²) in [6.07, 6.45) is 1.25. The van der Waals surface area contributed by atoms with E-state index in [2.05, 4.69) is 25.8 Å². The Balaban J connectivity index is 1.19. The molecule has 1 aromatic heterocycles. The van der Waals surface area contributed by atoms with Crippen LogP contribution in [0, 0.1) is 6.92 Å². The lowest BCUT2D eigenvalue weighted by molar-refractivity contribution is -0.121. The number of carbonyl (C=O) groups is 2. The molecular weight excluding hydrogens is 438 g/mol. The first kappa shape index (κ1) is 23.0. The molecule has 1 unspecified atom stereocenters. The van der Waals surface area contributed by atoms with E-state index >= 15 is 0 Å². The van der Waals surface area contributed by atoms with Crippen molar-refractivity contribution in [3.63, 3.8) is 0 Å². The summed E-state index contributed by atoms with van der Waals surface area (Å²) in [6, 6.07) is 16.8. The number of nitrogens with zero attached hydrogens (tertiary/aromatic N) is 2. The van der Waals surface area contributed by atoms with Crippen LogP contribution in [0.15, 0.2) is 54.6 Å². The summed E-state index contributed by atoms with van der Waals surface area (Å²) in [5, 5.41) is 10.5. The van der Waals surface area contributed by atoms with E-state index in [9.17, 15) is 9.59 Å². The van der Waals surface area contributed by atoms with Crippen LogP contribution < -0.4 is 16.0 Å². The number of aryl methyl sites for hydroxylation is 1. The molecule has 0 bridgehead atoms. The molecule has 0 spiro atoms. The predicted octanol–water partition coefficient (Wildman–Crippen LogP) is 3.75. The standard InChI is InChI=1S/C25H28ClN5O2/c1-17-14-23(21-4-2-3-5-22(21)28-17)30-25(33)27-11-13-31-12-10-20(16-31)29-24(32)15-18-6-8-19(26)9-7-18/h2-9,14,20H,10-13,15-16H2,1H3,(H,29,32)(H2,27,28,30,33). The van der Waals surface area contributed by atoms with Gasteiger partial charge in [0.05, 0.1) is 17.6 Å². The van der Waals surface area contributed by atoms with E-state index in [1.54, 1.807) is 12.1 Å². The van der Waals surface area contributed by atoms with E-state index in [-0.39, 0.29) is 18.0 Å². The van der Waals surface area contributed by atoms with Gasteiger partial charge in [0.15, 0.2) is 0 Å². The highest BCUT2D eigenvalue weighted by molar-refractivity contribution is 6.30. The Hall–Kier alpha value is -3.16. The van der Waals surface area contributed by atoms with E-state index in [1.807, 2.05) is 49.4 Å². The monoisotopic (exact) mass is 465 g/mol. The molecule has 8 heteroatoms. The lowest BCUT2D eigenvalue weighted by atomic mass is 10.1. The fourth-order valence-corrected chi connectivity index (χ4v) is 4.25. The van der Waals surface area contributed by atoms with Gasteiger partial charge < -0.3 is 16.0 Å². The van der Waals surface area contributed by atoms with Crippen molar-refractivity contribution in [2.24, 2.45) is 0 Å². The Labute approximate surface area is 198 Å². The molecule has 0 aliphatic carbocycles. The molecule has 4 rings (SSSR count). The van der Waals surface area contributed by atoms with Crippen molar-refractivity contribution in [3.05, 3.63) is 70.9 Å². The number of halogens is 1. The number of anilines is 1. The maximum Gasteiger partial charge on any atom is 0.319 e. The van der Waals surface area contributed by atoms with Crippen LogP contribution in [0.4, 0.5) is 10.5 Å². The molecular formula is C25H28ClN5O2. The normalized spacial score (nSPS) is 16.0. The van der Waals surface area contributed by atoms with E-state index < -0.39 is 0 Å². The van der Waals surface area contributed by atoms with Crippen LogP contribution in [0.1, 0.15) is 17.7 Å². The van der Waals surface area contributed by atoms with Crippen LogP contribution in [0.2, 0.25) is 5.02 Å². The second-order valence-corrected chi connectivity index (χ2v) is 8.80. The number of benzene rings is 2. The number of likely N-dealkylation sites (tertiary alicyclic amines) is 1. The van der Waals surface area contributed by atoms with Gasteiger partial charge in [-0.3, -0.25) is 14.7 Å². The number of urea groups is 1. The molecule has 2 heterocycles. The van der Waals surface area contributed by atoms with E-state index in [1.165, 1.54) is 0 Å². The maximum absolute atomic E-state index is 12.4. The fraction of sp³-hybridized carbons (Fsp3) is 0.320. The van der Waals surface area contributed by atoms with Crippen LogP contribution in [-0.4, -0.2) is 54.0 Å². The number of nitrogens with one attached hydrogen (secondary N) is 3. The Kier molecular flexibility index (Phi) is 7.42. The third-order valence-corrected chi connectivity index (χ3v) is 5.97. The van der Waals surface area contributed by atoms with E-state index in [0.29, 0.717) is 18.0 Å². The Morgan fingerprint density at radius 2 is 1.94 bits per heavy atom. The summed E-state index contributed by atoms with van der Waals surface area (Å²) in [6.45, 7) is 4.84. The number of aromatic nitrogens is 1. The lowest BCUT2D eigenvalue weighted by Gasteiger charge is -2.17. The molecule has 3 N–H and O–H groups in total. The van der Waals surface area contributed by atoms with Gasteiger partial charge in [0.2, 0.25) is 5.91 Å². The molecule has 0 radical (unpaired) electrons. The quantitative estimate of drug-likeness (QED) is 0.496. The van der Waals surface area contributed by atoms with Gasteiger partial charge in [-0.25, -0.2) is 4.79 Å². The Morgan fingerprint density at radius 3 is 2.76 bits per heavy atom. The van der Waals surface area contributed by atoms with Crippen LogP contribution in [0.3, 0.4) is 0 Å². The number of hydrogen-bond acceptors (Lipinski definition) is 4. The van der Waals surface area contributed by atoms with Crippen molar-refractivity contribution in [3.8, 4) is 0 Å². The Bertz CT molecular complexity index is 1140. The third-order valence-electron chi connectivity index (χ3n) is 5.72. The minimum Gasteiger partial charge on any atom is -0.352 e. The largest absolute Gasteiger partial charge is 0.352 e. The first-order chi connectivity index (χ1) is 16.0. The number of para-hydroxylation sites is 1. The average molecular weight is 466 g/mol. The van der Waals surface area contributed by atoms with Crippen molar-refractivity contribution in [2.45, 2.75) is 25.8 Å². The molecule has 3 amide bonds. The zero-order chi connectivity index (χ0) is 23.2. The summed E-state index contributed by atoms with van der Waals surface area (Å²) in [5.41, 5.74) is 3.40. The highest BCUT2D eigenvalue weighted by Crippen LogP contribution is 2.22. The molecule has 2 aromatic carbocycles. The van der Waals surface area contributed by atoms with Gasteiger partial charge in [0, 0.05) is 48.3 Å². The number of pyridine rings is 1. The molecule has 1 aliphatic rings. The smallest absolute Gasteiger partial charge is 0.319 e. The van der Waals surface area contributed by atoms with Crippen LogP contribution >= 0.6 is 11.6 Å². The minimum absolute atomic E-state index is 0.0153. The molecule has 1 aliphatic heterocycles. The lowest BCUT2D eigenvalue weighted by Crippen LogP contribution is -2.40. The summed E-state index contributed by atoms with van der Waals surface area (Å²) < 4.78 is 0. The topological polar surface area (TPSA) is 86.4 Å². The van der Waals surface area contributed by atoms with Crippen molar-refractivity contribution in [1.82, 2.24) is 20.5 Å². The molecule has 7 nitrogen and oxygen atoms in total. The SMILES string of the molecule is Cc1cc(NC(=O)NCCN2CCC(NC(=O)Cc3ccc(Cl)cc3)C2)c2ccccc2n1. The number of fused-ring (bicyclic) bond motifs is 1. The molecule has 0 saturated carbocycles. The van der Waals surface area contributed by atoms with Gasteiger partial charge in [-0.05, 0) is 43.2 Å². The van der Waals surface area contributed by atoms with Crippen LogP contribution in [-0.2, 0) is 11.2 Å². The summed E-state index contributed by atoms with van der Waals surface area (Å²) in [5.74, 6) is 0.0153. The highest BCUT2D eigenvalue weighted by atomic mass is 35.5. The molecule has 33 heavy (non-hydrogen) atoms. The summed E-state index contributed by atoms with van der Waals surface area (Å²) in [4.78, 5) is 31.5. The van der Waals surface area contributed by atoms with E-state index in [4.69, 9.17) is 11.6 Å². The van der Waals surface area contributed by atoms with Crippen molar-refractivity contribution in [1.29, 1.82) is 0 Å². The first-order valence-electron chi connectivity index (χ1n) is 11.1. The average Bonchev–Trinajstić information content (AvgIpc) is 3.22. The summed E-state index contributed by atoms with van der Waals surface area (Å²) >= 11 is 5.89. The van der Waals surface area contributed by atoms with E-state index in [0.717, 1.165) is 53.9 Å². The van der Waals surface area contributed by atoms with Gasteiger partial charge in [0.1, 0.15) is 0 Å². The maximum atomic E-state index is 12.4. The minimum atomic E-state index is -0.238. The van der Waals surface area contributed by atoms with Crippen molar-refractivity contribution >= 4 is 40.1 Å². The predicted molar refractivity (Wildman–Crippen MR) is 132 cm³/mol. The zero-order valence-corrected chi connectivity index (χ0v) is 19.4. The van der Waals surface area contributed by atoms with Crippen molar-refractivity contribution in [2.75, 3.05) is 31.5 Å². The van der Waals surface area contributed by atoms with Gasteiger partial charge in [-0.1, -0.05) is 41.9 Å². The molecule has 1 fully saturated rings. The van der Waals surface area contributed by atoms with Gasteiger partial charge in [-0.2, -0.15) is 0 Å². The van der Waals surface area contributed by atoms with Gasteiger partial charge >= 0.3 is 6.03 Å². The number of rotatable bonds is 7. The van der Waals surface area contributed by atoms with Crippen LogP contribution in [0.25, 0.3) is 10.9 Å². The van der Waals surface area contributed by atoms with Crippen LogP contribution in [0.5, 0.6) is 0 Å². The van der Waals surface area contributed by atoms with Crippen molar-refractivity contribution < 1.29 is 9.59 Å². The molecule has 1 saturated heterocycles. The fourth-order valence-electron chi connectivity index (χ4n) is 4.13. The molecule has 1 atom stereocenters. The van der Waals surface area contributed by atoms with Gasteiger partial charge in [-0.15, -0.1) is 0 Å². The highest BCUT2D eigenvalue weighted by Gasteiger charge is 2.23. The van der Waals surface area contributed by atoms with Gasteiger partial charge in [0.25, 0.3) is 0 Å². The molecule has 172 valence electrons. The first-order valence-corrected chi connectivity index (χ1v) is 11.5. The summed E-state index contributed by atoms with van der Waals surface area (Å²) in [7, 11) is 0. The second-order valence-electron chi connectivity index (χ2n) is 8.37. The molecule has 3 aromatic rings. The Morgan fingerprint density at radius 1 is 1.15 bits per heavy atom. The number of amides is 3. The third kappa shape index (κ3) is 6.43.